The smallest absolute Gasteiger partial charge is 0.254 e. The SMILES string of the molecule is O=C(c1cccs1)c1ccccc1C(=O)N1CCN(S(=O)(=O)c2ccc(F)c(Cl)c2)CC1. The van der Waals surface area contributed by atoms with E-state index in [1.807, 2.05) is 0 Å². The summed E-state index contributed by atoms with van der Waals surface area (Å²) in [6.07, 6.45) is 0. The second-order valence-electron chi connectivity index (χ2n) is 7.12. The molecule has 4 rings (SSSR count). The zero-order chi connectivity index (χ0) is 22.9. The molecule has 2 aromatic carbocycles. The predicted molar refractivity (Wildman–Crippen MR) is 120 cm³/mol. The highest BCUT2D eigenvalue weighted by Gasteiger charge is 2.32. The second-order valence-corrected chi connectivity index (χ2v) is 10.4. The van der Waals surface area contributed by atoms with Crippen molar-refractivity contribution < 1.29 is 22.4 Å². The van der Waals surface area contributed by atoms with E-state index >= 15 is 0 Å². The van der Waals surface area contributed by atoms with Crippen molar-refractivity contribution in [2.75, 3.05) is 26.2 Å². The van der Waals surface area contributed by atoms with Gasteiger partial charge in [-0.05, 0) is 35.7 Å². The maximum Gasteiger partial charge on any atom is 0.254 e. The molecule has 0 radical (unpaired) electrons. The van der Waals surface area contributed by atoms with Crippen LogP contribution in [-0.2, 0) is 10.0 Å². The average molecular weight is 493 g/mol. The maximum atomic E-state index is 13.4. The van der Waals surface area contributed by atoms with Gasteiger partial charge < -0.3 is 4.90 Å². The summed E-state index contributed by atoms with van der Waals surface area (Å²) in [4.78, 5) is 27.9. The minimum Gasteiger partial charge on any atom is -0.336 e. The summed E-state index contributed by atoms with van der Waals surface area (Å²) in [5, 5.41) is 1.53. The van der Waals surface area contributed by atoms with Crippen molar-refractivity contribution in [3.05, 3.63) is 86.8 Å². The first kappa shape index (κ1) is 22.6. The van der Waals surface area contributed by atoms with Crippen molar-refractivity contribution in [3.63, 3.8) is 0 Å². The van der Waals surface area contributed by atoms with E-state index in [0.29, 0.717) is 10.4 Å². The fraction of sp³-hybridized carbons (Fsp3) is 0.182. The Hall–Kier alpha value is -2.59. The Balaban J connectivity index is 1.50. The lowest BCUT2D eigenvalue weighted by atomic mass is 10.0. The van der Waals surface area contributed by atoms with Crippen LogP contribution in [0, 0.1) is 5.82 Å². The first-order valence-corrected chi connectivity index (χ1v) is 12.4. The number of hydrogen-bond donors (Lipinski definition) is 0. The average Bonchev–Trinajstić information content (AvgIpc) is 3.35. The molecule has 0 unspecified atom stereocenters. The van der Waals surface area contributed by atoms with Crippen molar-refractivity contribution in [2.24, 2.45) is 0 Å². The Morgan fingerprint density at radius 1 is 0.938 bits per heavy atom. The third kappa shape index (κ3) is 4.33. The number of amides is 1. The Morgan fingerprint density at radius 2 is 1.62 bits per heavy atom. The fourth-order valence-electron chi connectivity index (χ4n) is 3.50. The molecule has 1 saturated heterocycles. The number of nitrogens with zero attached hydrogens (tertiary/aromatic N) is 2. The van der Waals surface area contributed by atoms with Gasteiger partial charge in [0.25, 0.3) is 5.91 Å². The van der Waals surface area contributed by atoms with Crippen LogP contribution in [-0.4, -0.2) is 55.5 Å². The highest BCUT2D eigenvalue weighted by molar-refractivity contribution is 7.89. The topological polar surface area (TPSA) is 74.8 Å². The van der Waals surface area contributed by atoms with E-state index in [4.69, 9.17) is 11.6 Å². The highest BCUT2D eigenvalue weighted by atomic mass is 35.5. The van der Waals surface area contributed by atoms with Crippen molar-refractivity contribution in [2.45, 2.75) is 4.90 Å². The van der Waals surface area contributed by atoms with Gasteiger partial charge in [-0.15, -0.1) is 11.3 Å². The summed E-state index contributed by atoms with van der Waals surface area (Å²) in [5.74, 6) is -1.25. The standard InChI is InChI=1S/C22H18ClFN2O4S2/c23-18-14-15(7-8-19(18)24)32(29,30)26-11-9-25(10-12-26)22(28)17-5-2-1-4-16(17)21(27)20-6-3-13-31-20/h1-8,13-14H,9-12H2. The molecule has 1 fully saturated rings. The molecule has 32 heavy (non-hydrogen) atoms. The number of rotatable bonds is 5. The zero-order valence-corrected chi connectivity index (χ0v) is 19.1. The lowest BCUT2D eigenvalue weighted by Crippen LogP contribution is -2.50. The van der Waals surface area contributed by atoms with Crippen LogP contribution in [0.15, 0.2) is 64.9 Å². The molecule has 6 nitrogen and oxygen atoms in total. The van der Waals surface area contributed by atoms with E-state index in [1.165, 1.54) is 26.6 Å². The van der Waals surface area contributed by atoms with Crippen molar-refractivity contribution >= 4 is 44.7 Å². The second kappa shape index (κ2) is 9.11. The molecule has 1 aliphatic rings. The first-order valence-electron chi connectivity index (χ1n) is 9.71. The van der Waals surface area contributed by atoms with Crippen LogP contribution in [0.5, 0.6) is 0 Å². The molecule has 1 aromatic heterocycles. The number of piperazine rings is 1. The van der Waals surface area contributed by atoms with Crippen molar-refractivity contribution in [1.82, 2.24) is 9.21 Å². The summed E-state index contributed by atoms with van der Waals surface area (Å²) >= 11 is 7.03. The van der Waals surface area contributed by atoms with Gasteiger partial charge in [-0.1, -0.05) is 35.9 Å². The molecule has 0 N–H and O–H groups in total. The van der Waals surface area contributed by atoms with Crippen molar-refractivity contribution in [3.8, 4) is 0 Å². The molecule has 0 atom stereocenters. The number of carbonyl (C=O) groups is 2. The van der Waals surface area contributed by atoms with E-state index in [0.717, 1.165) is 12.1 Å². The van der Waals surface area contributed by atoms with Crippen LogP contribution in [0.3, 0.4) is 0 Å². The minimum absolute atomic E-state index is 0.0735. The molecule has 1 aliphatic heterocycles. The molecule has 10 heteroatoms. The van der Waals surface area contributed by atoms with E-state index in [9.17, 15) is 22.4 Å². The molecular formula is C22H18ClFN2O4S2. The van der Waals surface area contributed by atoms with Gasteiger partial charge in [0.15, 0.2) is 0 Å². The van der Waals surface area contributed by atoms with Gasteiger partial charge in [-0.25, -0.2) is 12.8 Å². The van der Waals surface area contributed by atoms with Crippen molar-refractivity contribution in [1.29, 1.82) is 0 Å². The highest BCUT2D eigenvalue weighted by Crippen LogP contribution is 2.24. The lowest BCUT2D eigenvalue weighted by molar-refractivity contribution is 0.0694. The third-order valence-electron chi connectivity index (χ3n) is 5.20. The van der Waals surface area contributed by atoms with Crippen LogP contribution >= 0.6 is 22.9 Å². The number of benzene rings is 2. The summed E-state index contributed by atoms with van der Waals surface area (Å²) in [5.41, 5.74) is 0.600. The monoisotopic (exact) mass is 492 g/mol. The Morgan fingerprint density at radius 3 is 2.25 bits per heavy atom. The van der Waals surface area contributed by atoms with Gasteiger partial charge in [0, 0.05) is 31.7 Å². The van der Waals surface area contributed by atoms with Crippen LogP contribution in [0.25, 0.3) is 0 Å². The quantitative estimate of drug-likeness (QED) is 0.506. The molecule has 0 aliphatic carbocycles. The maximum absolute atomic E-state index is 13.4. The number of carbonyl (C=O) groups excluding carboxylic acids is 2. The zero-order valence-electron chi connectivity index (χ0n) is 16.7. The van der Waals surface area contributed by atoms with Crippen LogP contribution < -0.4 is 0 Å². The lowest BCUT2D eigenvalue weighted by Gasteiger charge is -2.34. The number of thiophene rings is 1. The van der Waals surface area contributed by atoms with E-state index in [2.05, 4.69) is 0 Å². The molecular weight excluding hydrogens is 475 g/mol. The predicted octanol–water partition coefficient (Wildman–Crippen LogP) is 3.92. The molecule has 1 amide bonds. The summed E-state index contributed by atoms with van der Waals surface area (Å²) in [7, 11) is -3.87. The van der Waals surface area contributed by atoms with E-state index in [-0.39, 0.29) is 53.4 Å². The Labute approximate surface area is 193 Å². The van der Waals surface area contributed by atoms with E-state index in [1.54, 1.807) is 41.8 Å². The molecule has 0 saturated carbocycles. The van der Waals surface area contributed by atoms with Crippen LogP contribution in [0.1, 0.15) is 25.6 Å². The third-order valence-corrected chi connectivity index (χ3v) is 8.25. The van der Waals surface area contributed by atoms with Crippen LogP contribution in [0.2, 0.25) is 5.02 Å². The summed E-state index contributed by atoms with van der Waals surface area (Å²) < 4.78 is 40.4. The summed E-state index contributed by atoms with van der Waals surface area (Å²) in [6.45, 7) is 0.469. The molecule has 166 valence electrons. The fourth-order valence-corrected chi connectivity index (χ4v) is 5.87. The van der Waals surface area contributed by atoms with Gasteiger partial charge in [-0.2, -0.15) is 4.31 Å². The first-order chi connectivity index (χ1) is 15.3. The molecule has 0 spiro atoms. The number of ketones is 1. The number of sulfonamides is 1. The molecule has 3 aromatic rings. The minimum atomic E-state index is -3.87. The molecule has 2 heterocycles. The van der Waals surface area contributed by atoms with Gasteiger partial charge in [0.1, 0.15) is 5.82 Å². The Kier molecular flexibility index (Phi) is 6.43. The largest absolute Gasteiger partial charge is 0.336 e. The van der Waals surface area contributed by atoms with Gasteiger partial charge in [-0.3, -0.25) is 9.59 Å². The molecule has 0 bridgehead atoms. The van der Waals surface area contributed by atoms with Gasteiger partial charge >= 0.3 is 0 Å². The number of hydrogen-bond acceptors (Lipinski definition) is 5. The Bertz CT molecular complexity index is 1270. The van der Waals surface area contributed by atoms with Crippen LogP contribution in [0.4, 0.5) is 4.39 Å². The van der Waals surface area contributed by atoms with E-state index < -0.39 is 15.8 Å². The number of halogens is 2. The normalized spacial score (nSPS) is 15.0. The summed E-state index contributed by atoms with van der Waals surface area (Å²) in [6, 6.07) is 13.4. The van der Waals surface area contributed by atoms with Gasteiger partial charge in [0.05, 0.1) is 20.4 Å². The van der Waals surface area contributed by atoms with Gasteiger partial charge in [0.2, 0.25) is 15.8 Å².